The summed E-state index contributed by atoms with van der Waals surface area (Å²) in [4.78, 5) is 50.9. The van der Waals surface area contributed by atoms with Crippen molar-refractivity contribution in [3.63, 3.8) is 0 Å². The molecule has 0 saturated carbocycles. The molecule has 1 aliphatic rings. The molecule has 396 valence electrons. The SMILES string of the molecule is CC/C=C\C/C=C\C/C=C\C/C=C\CCCCC(=O)OCC(COC1OC(C(=O)O)C(O)C(O)C1OC(=O)CCCCCCC/C=C\CCCCCC)OC(=O)CCCCCCCCCCCCC. The number of esters is 3. The molecule has 0 amide bonds. The Bertz CT molecular complexity index is 1440. The zero-order chi connectivity index (χ0) is 50.4. The summed E-state index contributed by atoms with van der Waals surface area (Å²) in [7, 11) is 0. The minimum Gasteiger partial charge on any atom is -0.479 e. The van der Waals surface area contributed by atoms with Gasteiger partial charge in [-0.3, -0.25) is 14.4 Å². The molecule has 0 aliphatic carbocycles. The molecule has 1 fully saturated rings. The van der Waals surface area contributed by atoms with Crippen LogP contribution in [-0.4, -0.2) is 89.2 Å². The maximum absolute atomic E-state index is 13.1. The molecule has 6 atom stereocenters. The van der Waals surface area contributed by atoms with Crippen LogP contribution in [0.4, 0.5) is 0 Å². The molecular formula is C57H96O12. The molecular weight excluding hydrogens is 877 g/mol. The first kappa shape index (κ1) is 63.4. The van der Waals surface area contributed by atoms with E-state index < -0.39 is 67.3 Å². The first-order valence-electron chi connectivity index (χ1n) is 27.3. The molecule has 69 heavy (non-hydrogen) atoms. The van der Waals surface area contributed by atoms with E-state index in [1.807, 2.05) is 0 Å². The summed E-state index contributed by atoms with van der Waals surface area (Å²) in [6.07, 6.45) is 42.1. The third-order valence-electron chi connectivity index (χ3n) is 12.1. The van der Waals surface area contributed by atoms with Gasteiger partial charge in [-0.05, 0) is 83.5 Å². The molecule has 1 aliphatic heterocycles. The average Bonchev–Trinajstić information content (AvgIpc) is 3.33. The van der Waals surface area contributed by atoms with Crippen molar-refractivity contribution in [2.45, 2.75) is 263 Å². The fourth-order valence-electron chi connectivity index (χ4n) is 7.88. The molecule has 0 radical (unpaired) electrons. The highest BCUT2D eigenvalue weighted by Crippen LogP contribution is 2.26. The van der Waals surface area contributed by atoms with Gasteiger partial charge in [-0.15, -0.1) is 0 Å². The summed E-state index contributed by atoms with van der Waals surface area (Å²) in [5, 5.41) is 31.4. The van der Waals surface area contributed by atoms with Crippen molar-refractivity contribution >= 4 is 23.9 Å². The second kappa shape index (κ2) is 45.6. The molecule has 3 N–H and O–H groups in total. The average molecular weight is 973 g/mol. The second-order valence-corrected chi connectivity index (χ2v) is 18.5. The van der Waals surface area contributed by atoms with Crippen LogP contribution in [0.5, 0.6) is 0 Å². The summed E-state index contributed by atoms with van der Waals surface area (Å²) in [5.41, 5.74) is 0. The monoisotopic (exact) mass is 973 g/mol. The Balaban J connectivity index is 2.75. The van der Waals surface area contributed by atoms with Crippen molar-refractivity contribution in [2.24, 2.45) is 0 Å². The van der Waals surface area contributed by atoms with E-state index in [1.165, 1.54) is 70.6 Å². The molecule has 0 aromatic carbocycles. The van der Waals surface area contributed by atoms with Gasteiger partial charge in [0.2, 0.25) is 0 Å². The lowest BCUT2D eigenvalue weighted by Crippen LogP contribution is -2.61. The van der Waals surface area contributed by atoms with Gasteiger partial charge in [-0.2, -0.15) is 0 Å². The summed E-state index contributed by atoms with van der Waals surface area (Å²) in [5.74, 6) is -3.18. The van der Waals surface area contributed by atoms with E-state index in [1.54, 1.807) is 0 Å². The van der Waals surface area contributed by atoms with Crippen LogP contribution in [0.15, 0.2) is 60.8 Å². The smallest absolute Gasteiger partial charge is 0.335 e. The number of hydrogen-bond donors (Lipinski definition) is 3. The van der Waals surface area contributed by atoms with Crippen LogP contribution in [-0.2, 0) is 42.9 Å². The largest absolute Gasteiger partial charge is 0.479 e. The predicted molar refractivity (Wildman–Crippen MR) is 275 cm³/mol. The van der Waals surface area contributed by atoms with Gasteiger partial charge in [-0.25, -0.2) is 4.79 Å². The number of hydrogen-bond acceptors (Lipinski definition) is 11. The number of aliphatic hydroxyl groups excluding tert-OH is 2. The zero-order valence-corrected chi connectivity index (χ0v) is 43.3. The third kappa shape index (κ3) is 36.1. The number of unbranched alkanes of at least 4 members (excludes halogenated alkanes) is 21. The van der Waals surface area contributed by atoms with Crippen LogP contribution < -0.4 is 0 Å². The van der Waals surface area contributed by atoms with E-state index >= 15 is 0 Å². The molecule has 12 heteroatoms. The fraction of sp³-hybridized carbons (Fsp3) is 0.754. The van der Waals surface area contributed by atoms with Gasteiger partial charge >= 0.3 is 23.9 Å². The van der Waals surface area contributed by atoms with Crippen LogP contribution in [0.1, 0.15) is 226 Å². The molecule has 1 rings (SSSR count). The molecule has 0 aromatic rings. The van der Waals surface area contributed by atoms with E-state index in [0.29, 0.717) is 19.3 Å². The van der Waals surface area contributed by atoms with E-state index in [2.05, 4.69) is 81.5 Å². The number of rotatable bonds is 45. The highest BCUT2D eigenvalue weighted by molar-refractivity contribution is 5.74. The second-order valence-electron chi connectivity index (χ2n) is 18.5. The Labute approximate surface area is 417 Å². The van der Waals surface area contributed by atoms with Gasteiger partial charge in [-0.1, -0.05) is 184 Å². The number of carboxylic acid groups (broad SMARTS) is 1. The number of carbonyl (C=O) groups excluding carboxylic acids is 3. The van der Waals surface area contributed by atoms with Crippen LogP contribution in [0.2, 0.25) is 0 Å². The minimum absolute atomic E-state index is 0.0464. The van der Waals surface area contributed by atoms with Gasteiger partial charge in [0.25, 0.3) is 0 Å². The van der Waals surface area contributed by atoms with E-state index in [4.69, 9.17) is 23.7 Å². The first-order chi connectivity index (χ1) is 33.6. The fourth-order valence-corrected chi connectivity index (χ4v) is 7.88. The lowest BCUT2D eigenvalue weighted by Gasteiger charge is -2.40. The zero-order valence-electron chi connectivity index (χ0n) is 43.3. The Kier molecular flexibility index (Phi) is 41.9. The Morgan fingerprint density at radius 2 is 0.913 bits per heavy atom. The highest BCUT2D eigenvalue weighted by Gasteiger charge is 2.50. The van der Waals surface area contributed by atoms with Gasteiger partial charge in [0, 0.05) is 19.3 Å². The van der Waals surface area contributed by atoms with Gasteiger partial charge in [0.15, 0.2) is 24.6 Å². The molecule has 6 unspecified atom stereocenters. The third-order valence-corrected chi connectivity index (χ3v) is 12.1. The molecule has 0 bridgehead atoms. The number of ether oxygens (including phenoxy) is 5. The van der Waals surface area contributed by atoms with Crippen LogP contribution in [0.25, 0.3) is 0 Å². The van der Waals surface area contributed by atoms with Crippen molar-refractivity contribution in [3.8, 4) is 0 Å². The minimum atomic E-state index is -1.91. The van der Waals surface area contributed by atoms with Crippen molar-refractivity contribution in [3.05, 3.63) is 60.8 Å². The quantitative estimate of drug-likeness (QED) is 0.0228. The lowest BCUT2D eigenvalue weighted by atomic mass is 9.98. The molecule has 12 nitrogen and oxygen atoms in total. The molecule has 0 aromatic heterocycles. The summed E-state index contributed by atoms with van der Waals surface area (Å²) >= 11 is 0. The highest BCUT2D eigenvalue weighted by atomic mass is 16.7. The number of allylic oxidation sites excluding steroid dienone is 10. The number of aliphatic hydroxyl groups is 2. The van der Waals surface area contributed by atoms with Crippen LogP contribution in [0, 0.1) is 0 Å². The Morgan fingerprint density at radius 1 is 0.493 bits per heavy atom. The Hall–Kier alpha value is -3.58. The van der Waals surface area contributed by atoms with Crippen molar-refractivity contribution in [2.75, 3.05) is 13.2 Å². The van der Waals surface area contributed by atoms with Crippen molar-refractivity contribution in [1.82, 2.24) is 0 Å². The number of carbonyl (C=O) groups is 4. The van der Waals surface area contributed by atoms with Gasteiger partial charge < -0.3 is 39.0 Å². The van der Waals surface area contributed by atoms with Crippen LogP contribution in [0.3, 0.4) is 0 Å². The maximum atomic E-state index is 13.1. The van der Waals surface area contributed by atoms with E-state index in [9.17, 15) is 34.5 Å². The number of carboxylic acids is 1. The number of aliphatic carboxylic acids is 1. The van der Waals surface area contributed by atoms with Gasteiger partial charge in [0.1, 0.15) is 18.8 Å². The lowest BCUT2D eigenvalue weighted by molar-refractivity contribution is -0.301. The first-order valence-corrected chi connectivity index (χ1v) is 27.3. The molecule has 1 heterocycles. The van der Waals surface area contributed by atoms with Crippen molar-refractivity contribution < 1.29 is 58.2 Å². The van der Waals surface area contributed by atoms with Crippen LogP contribution >= 0.6 is 0 Å². The standard InChI is InChI=1S/C57H96O12/c1-4-7-10-13-16-19-22-24-25-27-29-31-34-37-40-43-49(58)65-46-48(67-50(59)44-41-38-35-32-28-21-18-15-12-9-6-3)47-66-57-55(53(62)52(61)54(69-57)56(63)64)68-51(60)45-42-39-36-33-30-26-23-20-17-14-11-8-5-2/h7,10,16,19-20,23-25,29,31,48,52-55,57,61-62H,4-6,8-9,11-15,17-18,21-22,26-28,30,32-47H2,1-3H3,(H,63,64)/b10-7-,19-16-,23-20-,25-24-,31-29-. The Morgan fingerprint density at radius 3 is 1.45 bits per heavy atom. The van der Waals surface area contributed by atoms with E-state index in [-0.39, 0.29) is 25.9 Å². The van der Waals surface area contributed by atoms with E-state index in [0.717, 1.165) is 96.3 Å². The predicted octanol–water partition coefficient (Wildman–Crippen LogP) is 13.2. The summed E-state index contributed by atoms with van der Waals surface area (Å²) in [6.45, 7) is 5.79. The summed E-state index contributed by atoms with van der Waals surface area (Å²) in [6, 6.07) is 0. The van der Waals surface area contributed by atoms with Gasteiger partial charge in [0.05, 0.1) is 6.61 Å². The molecule has 0 spiro atoms. The maximum Gasteiger partial charge on any atom is 0.335 e. The normalized spacial score (nSPS) is 19.1. The summed E-state index contributed by atoms with van der Waals surface area (Å²) < 4.78 is 28.3. The van der Waals surface area contributed by atoms with Crippen molar-refractivity contribution in [1.29, 1.82) is 0 Å². The molecule has 1 saturated heterocycles. The topological polar surface area (TPSA) is 175 Å².